The lowest BCUT2D eigenvalue weighted by molar-refractivity contribution is -0.144. The van der Waals surface area contributed by atoms with Gasteiger partial charge in [-0.15, -0.1) is 6.58 Å². The molecule has 0 radical (unpaired) electrons. The van der Waals surface area contributed by atoms with E-state index in [4.69, 9.17) is 4.74 Å². The Morgan fingerprint density at radius 3 is 2.93 bits per heavy atom. The molecule has 2 rings (SSSR count). The fourth-order valence-electron chi connectivity index (χ4n) is 2.79. The van der Waals surface area contributed by atoms with Crippen molar-refractivity contribution in [2.45, 2.75) is 39.2 Å². The Morgan fingerprint density at radius 2 is 2.29 bits per heavy atom. The Morgan fingerprint density at radius 1 is 1.57 bits per heavy atom. The topological polar surface area (TPSA) is 26.3 Å². The molecule has 1 aliphatic heterocycles. The van der Waals surface area contributed by atoms with Crippen molar-refractivity contribution < 1.29 is 9.53 Å². The van der Waals surface area contributed by atoms with Crippen LogP contribution in [0, 0.1) is 17.8 Å². The second-order valence-corrected chi connectivity index (χ2v) is 4.92. The zero-order valence-corrected chi connectivity index (χ0v) is 8.95. The maximum Gasteiger partial charge on any atom is 0.309 e. The average molecular weight is 194 g/mol. The average Bonchev–Trinajstić information content (AvgIpc) is 2.39. The molecule has 14 heavy (non-hydrogen) atoms. The third kappa shape index (κ3) is 1.58. The third-order valence-electron chi connectivity index (χ3n) is 3.65. The highest BCUT2D eigenvalue weighted by Gasteiger charge is 2.45. The molecule has 0 spiro atoms. The zero-order chi connectivity index (χ0) is 10.3. The van der Waals surface area contributed by atoms with Crippen molar-refractivity contribution in [2.75, 3.05) is 0 Å². The van der Waals surface area contributed by atoms with E-state index in [-0.39, 0.29) is 18.0 Å². The van der Waals surface area contributed by atoms with Crippen LogP contribution in [0.5, 0.6) is 0 Å². The van der Waals surface area contributed by atoms with E-state index in [2.05, 4.69) is 20.4 Å². The lowest BCUT2D eigenvalue weighted by Gasteiger charge is -2.31. The number of carbonyl (C=O) groups is 1. The highest BCUT2D eigenvalue weighted by Crippen LogP contribution is 2.43. The number of esters is 1. The first-order valence-corrected chi connectivity index (χ1v) is 5.42. The zero-order valence-electron chi connectivity index (χ0n) is 8.95. The van der Waals surface area contributed by atoms with Crippen molar-refractivity contribution in [1.82, 2.24) is 0 Å². The number of rotatable bonds is 2. The minimum absolute atomic E-state index is 0.0334. The molecule has 2 nitrogen and oxygen atoms in total. The van der Waals surface area contributed by atoms with Gasteiger partial charge in [0.25, 0.3) is 0 Å². The molecule has 4 atom stereocenters. The summed E-state index contributed by atoms with van der Waals surface area (Å²) in [5.41, 5.74) is 1.22. The van der Waals surface area contributed by atoms with Crippen molar-refractivity contribution in [3.63, 3.8) is 0 Å². The summed E-state index contributed by atoms with van der Waals surface area (Å²) in [6, 6.07) is 0. The van der Waals surface area contributed by atoms with Crippen LogP contribution in [0.2, 0.25) is 0 Å². The largest absolute Gasteiger partial charge is 0.462 e. The molecule has 0 aromatic rings. The first-order chi connectivity index (χ1) is 6.58. The maximum atomic E-state index is 11.4. The van der Waals surface area contributed by atoms with Crippen LogP contribution in [-0.4, -0.2) is 12.1 Å². The molecule has 0 N–H and O–H groups in total. The van der Waals surface area contributed by atoms with Crippen LogP contribution in [0.4, 0.5) is 0 Å². The fraction of sp³-hybridized carbons (Fsp3) is 0.750. The molecule has 2 aliphatic rings. The van der Waals surface area contributed by atoms with E-state index < -0.39 is 0 Å². The first-order valence-electron chi connectivity index (χ1n) is 5.42. The van der Waals surface area contributed by atoms with Crippen molar-refractivity contribution in [3.05, 3.63) is 12.2 Å². The number of ether oxygens (including phenoxy) is 1. The van der Waals surface area contributed by atoms with Gasteiger partial charge in [0, 0.05) is 0 Å². The van der Waals surface area contributed by atoms with Crippen LogP contribution in [-0.2, 0) is 9.53 Å². The molecular weight excluding hydrogens is 176 g/mol. The Kier molecular flexibility index (Phi) is 2.38. The summed E-state index contributed by atoms with van der Waals surface area (Å²) in [6.45, 7) is 8.21. The second-order valence-electron chi connectivity index (χ2n) is 4.92. The third-order valence-corrected chi connectivity index (χ3v) is 3.65. The van der Waals surface area contributed by atoms with E-state index in [1.807, 2.05) is 0 Å². The molecule has 0 aromatic carbocycles. The Bertz CT molecular complexity index is 269. The SMILES string of the molecule is C=C(C)CC1CC2CC(OC2=O)[C@@H]1C. The number of fused-ring (bicyclic) bond motifs is 2. The van der Waals surface area contributed by atoms with Gasteiger partial charge in [-0.2, -0.15) is 0 Å². The number of hydrogen-bond acceptors (Lipinski definition) is 2. The summed E-state index contributed by atoms with van der Waals surface area (Å²) in [7, 11) is 0. The predicted octanol–water partition coefficient (Wildman–Crippen LogP) is 2.54. The van der Waals surface area contributed by atoms with Crippen molar-refractivity contribution in [1.29, 1.82) is 0 Å². The van der Waals surface area contributed by atoms with E-state index >= 15 is 0 Å². The van der Waals surface area contributed by atoms with E-state index in [0.29, 0.717) is 11.8 Å². The van der Waals surface area contributed by atoms with Gasteiger partial charge >= 0.3 is 5.97 Å². The van der Waals surface area contributed by atoms with Crippen LogP contribution in [0.3, 0.4) is 0 Å². The molecule has 1 aliphatic carbocycles. The lowest BCUT2D eigenvalue weighted by atomic mass is 9.73. The highest BCUT2D eigenvalue weighted by atomic mass is 16.6. The lowest BCUT2D eigenvalue weighted by Crippen LogP contribution is -2.30. The van der Waals surface area contributed by atoms with Crippen LogP contribution < -0.4 is 0 Å². The van der Waals surface area contributed by atoms with E-state index in [0.717, 1.165) is 19.3 Å². The van der Waals surface area contributed by atoms with Crippen LogP contribution >= 0.6 is 0 Å². The summed E-state index contributed by atoms with van der Waals surface area (Å²) in [5.74, 6) is 1.32. The van der Waals surface area contributed by atoms with Gasteiger partial charge in [0.2, 0.25) is 0 Å². The van der Waals surface area contributed by atoms with Gasteiger partial charge in [-0.25, -0.2) is 0 Å². The van der Waals surface area contributed by atoms with Crippen molar-refractivity contribution in [2.24, 2.45) is 17.8 Å². The summed E-state index contributed by atoms with van der Waals surface area (Å²) in [5, 5.41) is 0. The van der Waals surface area contributed by atoms with Crippen LogP contribution in [0.1, 0.15) is 33.1 Å². The molecule has 2 heteroatoms. The standard InChI is InChI=1S/C12H18O2/c1-7(2)4-9-5-10-6-11(8(9)3)14-12(10)13/h8-11H,1,4-6H2,2-3H3/t8-,9?,10?,11?/m1/s1. The summed E-state index contributed by atoms with van der Waals surface area (Å²) < 4.78 is 5.34. The number of carbonyl (C=O) groups excluding carboxylic acids is 1. The minimum atomic E-state index is 0.0334. The molecule has 1 saturated heterocycles. The van der Waals surface area contributed by atoms with Crippen molar-refractivity contribution in [3.8, 4) is 0 Å². The maximum absolute atomic E-state index is 11.4. The van der Waals surface area contributed by atoms with E-state index in [1.54, 1.807) is 0 Å². The molecule has 0 amide bonds. The van der Waals surface area contributed by atoms with Gasteiger partial charge in [0.15, 0.2) is 0 Å². The van der Waals surface area contributed by atoms with Crippen LogP contribution in [0.25, 0.3) is 0 Å². The van der Waals surface area contributed by atoms with Crippen LogP contribution in [0.15, 0.2) is 12.2 Å². The fourth-order valence-corrected chi connectivity index (χ4v) is 2.79. The Balaban J connectivity index is 2.07. The highest BCUT2D eigenvalue weighted by molar-refractivity contribution is 5.75. The van der Waals surface area contributed by atoms with Gasteiger partial charge in [0.05, 0.1) is 5.92 Å². The van der Waals surface area contributed by atoms with Gasteiger partial charge in [0.1, 0.15) is 6.10 Å². The summed E-state index contributed by atoms with van der Waals surface area (Å²) in [4.78, 5) is 11.4. The molecule has 3 unspecified atom stereocenters. The number of allylic oxidation sites excluding steroid dienone is 1. The van der Waals surface area contributed by atoms with Gasteiger partial charge in [-0.05, 0) is 38.0 Å². The van der Waals surface area contributed by atoms with Gasteiger partial charge in [-0.1, -0.05) is 12.5 Å². The molecule has 1 saturated carbocycles. The normalized spacial score (nSPS) is 40.9. The smallest absolute Gasteiger partial charge is 0.309 e. The molecular formula is C12H18O2. The summed E-state index contributed by atoms with van der Waals surface area (Å²) in [6.07, 6.45) is 3.19. The predicted molar refractivity (Wildman–Crippen MR) is 54.7 cm³/mol. The monoisotopic (exact) mass is 194 g/mol. The molecule has 2 fully saturated rings. The van der Waals surface area contributed by atoms with Gasteiger partial charge < -0.3 is 4.74 Å². The molecule has 0 aromatic heterocycles. The van der Waals surface area contributed by atoms with E-state index in [9.17, 15) is 4.79 Å². The quantitative estimate of drug-likeness (QED) is 0.499. The molecule has 2 bridgehead atoms. The molecule has 78 valence electrons. The second kappa shape index (κ2) is 3.41. The van der Waals surface area contributed by atoms with Gasteiger partial charge in [-0.3, -0.25) is 4.79 Å². The minimum Gasteiger partial charge on any atom is -0.462 e. The Hall–Kier alpha value is -0.790. The summed E-state index contributed by atoms with van der Waals surface area (Å²) >= 11 is 0. The van der Waals surface area contributed by atoms with Crippen molar-refractivity contribution >= 4 is 5.97 Å². The molecule has 1 heterocycles. The van der Waals surface area contributed by atoms with E-state index in [1.165, 1.54) is 5.57 Å². The number of hydrogen-bond donors (Lipinski definition) is 0. The Labute approximate surface area is 85.3 Å². The first kappa shape index (κ1) is 9.75.